The van der Waals surface area contributed by atoms with E-state index in [1.165, 1.54) is 11.8 Å². The molecule has 0 saturated carbocycles. The molecule has 0 heterocycles. The second-order valence-electron chi connectivity index (χ2n) is 7.61. The molecule has 16 heteroatoms. The van der Waals surface area contributed by atoms with E-state index in [1.54, 1.807) is 6.26 Å². The van der Waals surface area contributed by atoms with Crippen LogP contribution in [0.1, 0.15) is 39.0 Å². The van der Waals surface area contributed by atoms with Gasteiger partial charge in [-0.15, -0.1) is 0 Å². The molecule has 0 aliphatic carbocycles. The van der Waals surface area contributed by atoms with Gasteiger partial charge >= 0.3 is 11.9 Å². The van der Waals surface area contributed by atoms with Crippen LogP contribution in [-0.4, -0.2) is 94.1 Å². The summed E-state index contributed by atoms with van der Waals surface area (Å²) >= 11 is 1.33. The number of thioether (sulfide) groups is 1. The number of carboxylic acid groups (broad SMARTS) is 2. The van der Waals surface area contributed by atoms with E-state index in [9.17, 15) is 38.4 Å². The molecule has 0 bridgehead atoms. The van der Waals surface area contributed by atoms with E-state index in [0.717, 1.165) is 6.92 Å². The fourth-order valence-electron chi connectivity index (χ4n) is 2.84. The number of nitrogens with one attached hydrogen (secondary N) is 4. The second kappa shape index (κ2) is 16.9. The third-order valence-corrected chi connectivity index (χ3v) is 5.16. The first-order valence-electron chi connectivity index (χ1n) is 10.6. The van der Waals surface area contributed by atoms with Gasteiger partial charge in [-0.05, 0) is 24.9 Å². The monoisotopic (exact) mass is 533 g/mol. The van der Waals surface area contributed by atoms with Gasteiger partial charge < -0.3 is 42.0 Å². The highest BCUT2D eigenvalue weighted by molar-refractivity contribution is 7.98. The van der Waals surface area contributed by atoms with Crippen molar-refractivity contribution in [2.75, 3.05) is 12.0 Å². The van der Waals surface area contributed by atoms with E-state index < -0.39 is 78.5 Å². The molecule has 4 atom stereocenters. The number of hydrogen-bond donors (Lipinski definition) is 7. The van der Waals surface area contributed by atoms with Crippen molar-refractivity contribution >= 4 is 59.5 Å². The van der Waals surface area contributed by atoms with Crippen molar-refractivity contribution in [3.05, 3.63) is 0 Å². The largest absolute Gasteiger partial charge is 0.481 e. The Bertz CT molecular complexity index is 837. The fourth-order valence-corrected chi connectivity index (χ4v) is 3.31. The number of hydrogen-bond acceptors (Lipinski definition) is 9. The average Bonchev–Trinajstić information content (AvgIpc) is 2.76. The van der Waals surface area contributed by atoms with Crippen LogP contribution in [-0.2, 0) is 38.4 Å². The number of nitrogens with two attached hydrogens (primary N) is 1. The van der Waals surface area contributed by atoms with Crippen molar-refractivity contribution in [2.45, 2.75) is 63.2 Å². The highest BCUT2D eigenvalue weighted by Crippen LogP contribution is 2.06. The molecule has 0 aromatic heterocycles. The van der Waals surface area contributed by atoms with Gasteiger partial charge in [0, 0.05) is 13.3 Å². The van der Waals surface area contributed by atoms with Gasteiger partial charge in [-0.3, -0.25) is 33.6 Å². The molecule has 8 N–H and O–H groups in total. The number of amides is 5. The van der Waals surface area contributed by atoms with Crippen molar-refractivity contribution < 1.29 is 48.6 Å². The molecule has 0 aromatic rings. The molecular formula is C20H31N5O10S. The summed E-state index contributed by atoms with van der Waals surface area (Å²) in [6.45, 7) is 1.08. The Kier molecular flexibility index (Phi) is 15.1. The Morgan fingerprint density at radius 1 is 0.806 bits per heavy atom. The molecule has 202 valence electrons. The quantitative estimate of drug-likeness (QED) is 0.0880. The van der Waals surface area contributed by atoms with Gasteiger partial charge in [0.15, 0.2) is 0 Å². The zero-order valence-electron chi connectivity index (χ0n) is 19.8. The van der Waals surface area contributed by atoms with Gasteiger partial charge in [-0.2, -0.15) is 11.8 Å². The first-order chi connectivity index (χ1) is 16.8. The topological polar surface area (TPSA) is 251 Å². The molecule has 0 aromatic carbocycles. The highest BCUT2D eigenvalue weighted by Gasteiger charge is 2.31. The van der Waals surface area contributed by atoms with Crippen LogP contribution in [0.15, 0.2) is 0 Å². The van der Waals surface area contributed by atoms with Crippen molar-refractivity contribution in [2.24, 2.45) is 5.73 Å². The Morgan fingerprint density at radius 3 is 1.75 bits per heavy atom. The molecule has 0 saturated heterocycles. The zero-order valence-corrected chi connectivity index (χ0v) is 20.6. The van der Waals surface area contributed by atoms with Gasteiger partial charge in [0.05, 0.1) is 18.9 Å². The SMILES string of the molecule is CSCC[C@H](NC(=O)[C@H](CC(=O)O)NC(C)=O)C(=O)N[C@@H](CCC(N)=O)C(=O)N[C@@H](C=O)CC(=O)O. The van der Waals surface area contributed by atoms with Crippen LogP contribution in [0.2, 0.25) is 0 Å². The van der Waals surface area contributed by atoms with Crippen LogP contribution in [0.5, 0.6) is 0 Å². The van der Waals surface area contributed by atoms with E-state index >= 15 is 0 Å². The minimum absolute atomic E-state index is 0.0543. The minimum atomic E-state index is -1.47. The summed E-state index contributed by atoms with van der Waals surface area (Å²) in [6.07, 6.45) is -0.110. The Morgan fingerprint density at radius 2 is 1.31 bits per heavy atom. The zero-order chi connectivity index (χ0) is 27.8. The number of aliphatic carboxylic acids is 2. The molecule has 0 unspecified atom stereocenters. The Hall–Kier alpha value is -3.69. The van der Waals surface area contributed by atoms with Gasteiger partial charge in [0.25, 0.3) is 0 Å². The first kappa shape index (κ1) is 32.3. The molecule has 15 nitrogen and oxygen atoms in total. The summed E-state index contributed by atoms with van der Waals surface area (Å²) < 4.78 is 0. The van der Waals surface area contributed by atoms with E-state index in [-0.39, 0.29) is 25.5 Å². The Labute approximate surface area is 210 Å². The Balaban J connectivity index is 5.68. The second-order valence-corrected chi connectivity index (χ2v) is 8.59. The summed E-state index contributed by atoms with van der Waals surface area (Å²) in [7, 11) is 0. The lowest BCUT2D eigenvalue weighted by Crippen LogP contribution is -2.57. The van der Waals surface area contributed by atoms with Gasteiger partial charge in [-0.25, -0.2) is 0 Å². The lowest BCUT2D eigenvalue weighted by Gasteiger charge is -2.25. The smallest absolute Gasteiger partial charge is 0.305 e. The predicted octanol–water partition coefficient (Wildman–Crippen LogP) is -2.89. The van der Waals surface area contributed by atoms with Crippen LogP contribution in [0.3, 0.4) is 0 Å². The maximum Gasteiger partial charge on any atom is 0.305 e. The number of carbonyl (C=O) groups excluding carboxylic acids is 6. The summed E-state index contributed by atoms with van der Waals surface area (Å²) in [5.74, 6) is -6.61. The molecule has 0 spiro atoms. The van der Waals surface area contributed by atoms with Crippen LogP contribution >= 0.6 is 11.8 Å². The summed E-state index contributed by atoms with van der Waals surface area (Å²) in [4.78, 5) is 93.7. The number of aldehydes is 1. The van der Waals surface area contributed by atoms with E-state index in [2.05, 4.69) is 21.3 Å². The van der Waals surface area contributed by atoms with Crippen molar-refractivity contribution in [3.63, 3.8) is 0 Å². The summed E-state index contributed by atoms with van der Waals surface area (Å²) in [6, 6.07) is -5.55. The van der Waals surface area contributed by atoms with Crippen molar-refractivity contribution in [1.29, 1.82) is 0 Å². The van der Waals surface area contributed by atoms with Gasteiger partial charge in [0.1, 0.15) is 24.4 Å². The van der Waals surface area contributed by atoms with Crippen LogP contribution in [0.25, 0.3) is 0 Å². The highest BCUT2D eigenvalue weighted by atomic mass is 32.2. The molecule has 0 fully saturated rings. The number of rotatable bonds is 18. The fraction of sp³-hybridized carbons (Fsp3) is 0.600. The molecule has 0 rings (SSSR count). The van der Waals surface area contributed by atoms with Gasteiger partial charge in [0.2, 0.25) is 29.5 Å². The minimum Gasteiger partial charge on any atom is -0.481 e. The predicted molar refractivity (Wildman–Crippen MR) is 125 cm³/mol. The third kappa shape index (κ3) is 13.9. The number of carboxylic acids is 2. The lowest BCUT2D eigenvalue weighted by atomic mass is 10.1. The van der Waals surface area contributed by atoms with Crippen LogP contribution < -0.4 is 27.0 Å². The van der Waals surface area contributed by atoms with Crippen molar-refractivity contribution in [1.82, 2.24) is 21.3 Å². The number of primary amides is 1. The molecule has 5 amide bonds. The van der Waals surface area contributed by atoms with Crippen molar-refractivity contribution in [3.8, 4) is 0 Å². The summed E-state index contributed by atoms with van der Waals surface area (Å²) in [5.41, 5.74) is 5.11. The molecule has 0 aliphatic heterocycles. The first-order valence-corrected chi connectivity index (χ1v) is 12.0. The van der Waals surface area contributed by atoms with E-state index in [4.69, 9.17) is 15.9 Å². The molecule has 36 heavy (non-hydrogen) atoms. The third-order valence-electron chi connectivity index (χ3n) is 4.52. The van der Waals surface area contributed by atoms with Crippen LogP contribution in [0, 0.1) is 0 Å². The normalized spacial score (nSPS) is 13.7. The van der Waals surface area contributed by atoms with E-state index in [1.807, 2.05) is 0 Å². The maximum absolute atomic E-state index is 12.9. The molecule has 0 radical (unpaired) electrons. The lowest BCUT2D eigenvalue weighted by molar-refractivity contribution is -0.141. The maximum atomic E-state index is 12.9. The number of carbonyl (C=O) groups is 8. The standard InChI is InChI=1S/C20H31N5O10S/c1-10(27)22-14(8-17(31)32)20(35)25-13(5-6-36-2)19(34)24-12(3-4-15(21)28)18(33)23-11(9-26)7-16(29)30/h9,11-14H,3-8H2,1-2H3,(H2,21,28)(H,22,27)(H,23,33)(H,24,34)(H,25,35)(H,29,30)(H,31,32)/t11-,12+,13+,14+/m1/s1. The van der Waals surface area contributed by atoms with E-state index in [0.29, 0.717) is 5.75 Å². The van der Waals surface area contributed by atoms with Gasteiger partial charge in [-0.1, -0.05) is 0 Å². The molecule has 0 aliphatic rings. The van der Waals surface area contributed by atoms with Crippen LogP contribution in [0.4, 0.5) is 0 Å². The summed E-state index contributed by atoms with van der Waals surface area (Å²) in [5, 5.41) is 26.9. The average molecular weight is 534 g/mol. The molecular weight excluding hydrogens is 502 g/mol.